The van der Waals surface area contributed by atoms with Gasteiger partial charge < -0.3 is 10.5 Å². The van der Waals surface area contributed by atoms with Crippen molar-refractivity contribution in [3.05, 3.63) is 46.4 Å². The molecule has 0 atom stereocenters. The Morgan fingerprint density at radius 3 is 2.43 bits per heavy atom. The predicted octanol–water partition coefficient (Wildman–Crippen LogP) is 3.39. The lowest BCUT2D eigenvalue weighted by Crippen LogP contribution is -2.14. The number of methoxy groups -OCH3 is 1. The maximum absolute atomic E-state index is 12.3. The molecule has 112 valence electrons. The molecular formula is C13H12Cl2N2O3S. The summed E-state index contributed by atoms with van der Waals surface area (Å²) in [7, 11) is -2.36. The van der Waals surface area contributed by atoms with Crippen LogP contribution >= 0.6 is 23.2 Å². The van der Waals surface area contributed by atoms with E-state index in [1.807, 2.05) is 0 Å². The van der Waals surface area contributed by atoms with Crippen LogP contribution in [0.2, 0.25) is 10.0 Å². The van der Waals surface area contributed by atoms with Crippen LogP contribution in [-0.4, -0.2) is 15.5 Å². The zero-order valence-corrected chi connectivity index (χ0v) is 13.3. The molecule has 0 bridgehead atoms. The molecule has 0 aliphatic rings. The molecule has 0 unspecified atom stereocenters. The van der Waals surface area contributed by atoms with Crippen molar-refractivity contribution in [3.8, 4) is 5.75 Å². The normalized spacial score (nSPS) is 11.2. The molecule has 2 aromatic rings. The van der Waals surface area contributed by atoms with E-state index in [9.17, 15) is 8.42 Å². The Bertz CT molecular complexity index is 779. The minimum atomic E-state index is -3.83. The van der Waals surface area contributed by atoms with Crippen LogP contribution in [0.5, 0.6) is 5.75 Å². The standard InChI is InChI=1S/C13H12Cl2N2O3S/c1-20-12-4-3-9(7-10(12)15)17-21(18,19)13-5-2-8(14)6-11(13)16/h2-7,17H,16H2,1H3. The average molecular weight is 347 g/mol. The van der Waals surface area contributed by atoms with Gasteiger partial charge in [0.2, 0.25) is 0 Å². The molecule has 3 N–H and O–H groups in total. The monoisotopic (exact) mass is 346 g/mol. The second-order valence-corrected chi connectivity index (χ2v) is 6.63. The number of sulfonamides is 1. The molecule has 2 aromatic carbocycles. The van der Waals surface area contributed by atoms with Gasteiger partial charge in [-0.2, -0.15) is 0 Å². The summed E-state index contributed by atoms with van der Waals surface area (Å²) in [5.41, 5.74) is 6.05. The largest absolute Gasteiger partial charge is 0.495 e. The van der Waals surface area contributed by atoms with Gasteiger partial charge in [0, 0.05) is 5.02 Å². The fourth-order valence-electron chi connectivity index (χ4n) is 1.70. The first-order valence-corrected chi connectivity index (χ1v) is 7.99. The maximum Gasteiger partial charge on any atom is 0.263 e. The van der Waals surface area contributed by atoms with Gasteiger partial charge in [-0.25, -0.2) is 8.42 Å². The number of nitrogens with one attached hydrogen (secondary N) is 1. The summed E-state index contributed by atoms with van der Waals surface area (Å²) >= 11 is 11.7. The number of hydrogen-bond donors (Lipinski definition) is 2. The number of halogens is 2. The maximum atomic E-state index is 12.3. The summed E-state index contributed by atoms with van der Waals surface area (Å²) in [6, 6.07) is 8.71. The third-order valence-corrected chi connectivity index (χ3v) is 4.65. The highest BCUT2D eigenvalue weighted by Crippen LogP contribution is 2.29. The topological polar surface area (TPSA) is 81.4 Å². The number of anilines is 2. The van der Waals surface area contributed by atoms with Gasteiger partial charge >= 0.3 is 0 Å². The van der Waals surface area contributed by atoms with Crippen LogP contribution in [0.15, 0.2) is 41.3 Å². The van der Waals surface area contributed by atoms with E-state index in [1.54, 1.807) is 6.07 Å². The number of hydrogen-bond acceptors (Lipinski definition) is 4. The second kappa shape index (κ2) is 6.01. The van der Waals surface area contributed by atoms with Crippen LogP contribution in [0.3, 0.4) is 0 Å². The number of ether oxygens (including phenoxy) is 1. The highest BCUT2D eigenvalue weighted by Gasteiger charge is 2.18. The van der Waals surface area contributed by atoms with Crippen molar-refractivity contribution in [3.63, 3.8) is 0 Å². The molecule has 0 saturated carbocycles. The smallest absolute Gasteiger partial charge is 0.263 e. The van der Waals surface area contributed by atoms with Gasteiger partial charge in [0.15, 0.2) is 0 Å². The van der Waals surface area contributed by atoms with Gasteiger partial charge in [0.1, 0.15) is 10.6 Å². The Balaban J connectivity index is 2.35. The van der Waals surface area contributed by atoms with Crippen molar-refractivity contribution in [1.29, 1.82) is 0 Å². The van der Waals surface area contributed by atoms with E-state index in [1.165, 1.54) is 37.4 Å². The Morgan fingerprint density at radius 2 is 1.86 bits per heavy atom. The number of nitrogen functional groups attached to an aromatic ring is 1. The van der Waals surface area contributed by atoms with Crippen molar-refractivity contribution >= 4 is 44.6 Å². The van der Waals surface area contributed by atoms with Crippen molar-refractivity contribution < 1.29 is 13.2 Å². The lowest BCUT2D eigenvalue weighted by atomic mass is 10.3. The number of benzene rings is 2. The molecule has 0 amide bonds. The molecular weight excluding hydrogens is 335 g/mol. The molecule has 0 aromatic heterocycles. The van der Waals surface area contributed by atoms with Gasteiger partial charge in [-0.1, -0.05) is 23.2 Å². The zero-order valence-electron chi connectivity index (χ0n) is 10.9. The van der Waals surface area contributed by atoms with Crippen molar-refractivity contribution in [2.45, 2.75) is 4.90 Å². The Hall–Kier alpha value is -1.63. The van der Waals surface area contributed by atoms with Crippen molar-refractivity contribution in [2.75, 3.05) is 17.6 Å². The van der Waals surface area contributed by atoms with Crippen LogP contribution in [0.4, 0.5) is 11.4 Å². The molecule has 21 heavy (non-hydrogen) atoms. The van der Waals surface area contributed by atoms with E-state index in [0.717, 1.165) is 0 Å². The SMILES string of the molecule is COc1ccc(NS(=O)(=O)c2ccc(Cl)cc2N)cc1Cl. The van der Waals surface area contributed by atoms with Crippen molar-refractivity contribution in [1.82, 2.24) is 0 Å². The lowest BCUT2D eigenvalue weighted by Gasteiger charge is -2.11. The summed E-state index contributed by atoms with van der Waals surface area (Å²) in [4.78, 5) is -0.0566. The molecule has 0 aliphatic carbocycles. The summed E-state index contributed by atoms with van der Waals surface area (Å²) in [6.07, 6.45) is 0. The quantitative estimate of drug-likeness (QED) is 0.831. The molecule has 5 nitrogen and oxygen atoms in total. The first kappa shape index (κ1) is 15.8. The van der Waals surface area contributed by atoms with Crippen LogP contribution in [0, 0.1) is 0 Å². The van der Waals surface area contributed by atoms with E-state index in [0.29, 0.717) is 21.5 Å². The van der Waals surface area contributed by atoms with Crippen molar-refractivity contribution in [2.24, 2.45) is 0 Å². The Labute approximate surface area is 132 Å². The number of rotatable bonds is 4. The zero-order chi connectivity index (χ0) is 15.6. The van der Waals surface area contributed by atoms with Gasteiger partial charge in [0.05, 0.1) is 23.5 Å². The molecule has 0 radical (unpaired) electrons. The highest BCUT2D eigenvalue weighted by atomic mass is 35.5. The highest BCUT2D eigenvalue weighted by molar-refractivity contribution is 7.92. The summed E-state index contributed by atoms with van der Waals surface area (Å²) in [6.45, 7) is 0. The minimum Gasteiger partial charge on any atom is -0.495 e. The third kappa shape index (κ3) is 3.53. The van der Waals surface area contributed by atoms with Gasteiger partial charge in [-0.15, -0.1) is 0 Å². The van der Waals surface area contributed by atoms with Gasteiger partial charge in [-0.05, 0) is 36.4 Å². The van der Waals surface area contributed by atoms with E-state index in [2.05, 4.69) is 4.72 Å². The first-order chi connectivity index (χ1) is 9.83. The minimum absolute atomic E-state index is 0.0566. The first-order valence-electron chi connectivity index (χ1n) is 5.75. The van der Waals surface area contributed by atoms with Gasteiger partial charge in [0.25, 0.3) is 10.0 Å². The van der Waals surface area contributed by atoms with Gasteiger partial charge in [-0.3, -0.25) is 4.72 Å². The third-order valence-electron chi connectivity index (χ3n) is 2.67. The van der Waals surface area contributed by atoms with E-state index in [4.69, 9.17) is 33.7 Å². The molecule has 0 fully saturated rings. The predicted molar refractivity (Wildman–Crippen MR) is 84.7 cm³/mol. The Morgan fingerprint density at radius 1 is 1.14 bits per heavy atom. The molecule has 0 spiro atoms. The molecule has 8 heteroatoms. The molecule has 0 saturated heterocycles. The summed E-state index contributed by atoms with van der Waals surface area (Å²) < 4.78 is 32.0. The van der Waals surface area contributed by atoms with Crippen LogP contribution in [0.1, 0.15) is 0 Å². The second-order valence-electron chi connectivity index (χ2n) is 4.14. The van der Waals surface area contributed by atoms with Crippen LogP contribution in [-0.2, 0) is 10.0 Å². The molecule has 0 aliphatic heterocycles. The van der Waals surface area contributed by atoms with E-state index < -0.39 is 10.0 Å². The average Bonchev–Trinajstić information content (AvgIpc) is 2.37. The van der Waals surface area contributed by atoms with Crippen LogP contribution < -0.4 is 15.2 Å². The van der Waals surface area contributed by atoms with Crippen LogP contribution in [0.25, 0.3) is 0 Å². The molecule has 2 rings (SSSR count). The lowest BCUT2D eigenvalue weighted by molar-refractivity contribution is 0.415. The fraction of sp³-hybridized carbons (Fsp3) is 0.0769. The number of nitrogens with two attached hydrogens (primary N) is 1. The van der Waals surface area contributed by atoms with E-state index >= 15 is 0 Å². The fourth-order valence-corrected chi connectivity index (χ4v) is 3.31. The molecule has 0 heterocycles. The summed E-state index contributed by atoms with van der Waals surface area (Å²) in [5.74, 6) is 0.450. The van der Waals surface area contributed by atoms with E-state index in [-0.39, 0.29) is 10.6 Å². The summed E-state index contributed by atoms with van der Waals surface area (Å²) in [5, 5.41) is 0.653. The Kier molecular flexibility index (Phi) is 4.51.